The molecule has 3 aromatic heterocycles. The summed E-state index contributed by atoms with van der Waals surface area (Å²) in [7, 11) is -3.45. The van der Waals surface area contributed by atoms with Crippen molar-refractivity contribution in [2.45, 2.75) is 10.6 Å². The number of aromatic nitrogens is 2. The predicted octanol–water partition coefficient (Wildman–Crippen LogP) is 2.06. The average molecular weight is 325 g/mol. The minimum absolute atomic E-state index is 0.243. The molecule has 0 atom stereocenters. The summed E-state index contributed by atoms with van der Waals surface area (Å²) in [5.74, 6) is -0.343. The molecule has 1 N–H and O–H groups in total. The van der Waals surface area contributed by atoms with Gasteiger partial charge >= 0.3 is 0 Å². The molecule has 0 radical (unpaired) electrons. The maximum absolute atomic E-state index is 13.1. The molecule has 3 rings (SSSR count). The van der Waals surface area contributed by atoms with Crippen molar-refractivity contribution in [2.24, 2.45) is 0 Å². The highest BCUT2D eigenvalue weighted by atomic mass is 32.2. The van der Waals surface area contributed by atoms with Crippen molar-refractivity contribution in [3.63, 3.8) is 0 Å². The van der Waals surface area contributed by atoms with Crippen molar-refractivity contribution in [2.75, 3.05) is 6.54 Å². The van der Waals surface area contributed by atoms with Gasteiger partial charge in [-0.05, 0) is 23.6 Å². The summed E-state index contributed by atoms with van der Waals surface area (Å²) in [6.07, 6.45) is 3.47. The summed E-state index contributed by atoms with van der Waals surface area (Å²) < 4.78 is 41.3. The van der Waals surface area contributed by atoms with Gasteiger partial charge in [-0.2, -0.15) is 0 Å². The fraction of sp³-hybridized carbons (Fsp3) is 0.154. The molecule has 5 nitrogen and oxygen atoms in total. The molecule has 0 amide bonds. The lowest BCUT2D eigenvalue weighted by Gasteiger charge is -2.02. The topological polar surface area (TPSA) is 63.5 Å². The van der Waals surface area contributed by atoms with Gasteiger partial charge in [0.05, 0.1) is 5.69 Å². The zero-order valence-corrected chi connectivity index (χ0v) is 12.5. The Morgan fingerprint density at radius 3 is 2.90 bits per heavy atom. The number of rotatable bonds is 5. The molecular weight excluding hydrogens is 313 g/mol. The van der Waals surface area contributed by atoms with Crippen LogP contribution in [0.25, 0.3) is 5.65 Å². The van der Waals surface area contributed by atoms with Crippen molar-refractivity contribution in [3.8, 4) is 0 Å². The molecule has 0 bridgehead atoms. The number of nitrogens with one attached hydrogen (secondary N) is 1. The molecule has 0 spiro atoms. The lowest BCUT2D eigenvalue weighted by atomic mass is 10.3. The number of sulfonamides is 1. The number of nitrogens with zero attached hydrogens (tertiary/aromatic N) is 2. The number of imidazole rings is 1. The third kappa shape index (κ3) is 3.12. The molecule has 110 valence electrons. The van der Waals surface area contributed by atoms with Gasteiger partial charge < -0.3 is 4.40 Å². The second-order valence-corrected chi connectivity index (χ2v) is 7.37. The molecule has 8 heteroatoms. The first-order valence-electron chi connectivity index (χ1n) is 6.21. The molecule has 0 aromatic carbocycles. The molecule has 0 aliphatic rings. The Balaban J connectivity index is 1.67. The number of fused-ring (bicyclic) bond motifs is 1. The molecule has 3 aromatic rings. The van der Waals surface area contributed by atoms with Crippen molar-refractivity contribution in [1.82, 2.24) is 14.1 Å². The Bertz CT molecular complexity index is 857. The summed E-state index contributed by atoms with van der Waals surface area (Å²) in [4.78, 5) is 4.30. The highest BCUT2D eigenvalue weighted by Gasteiger charge is 2.14. The van der Waals surface area contributed by atoms with Gasteiger partial charge in [-0.25, -0.2) is 22.5 Å². The Hall–Kier alpha value is -1.77. The van der Waals surface area contributed by atoms with E-state index in [1.54, 1.807) is 34.2 Å². The van der Waals surface area contributed by atoms with E-state index in [9.17, 15) is 12.8 Å². The first-order chi connectivity index (χ1) is 10.0. The van der Waals surface area contributed by atoms with Crippen molar-refractivity contribution in [1.29, 1.82) is 0 Å². The number of halogens is 1. The van der Waals surface area contributed by atoms with E-state index in [1.165, 1.54) is 23.6 Å². The van der Waals surface area contributed by atoms with Gasteiger partial charge in [0, 0.05) is 25.4 Å². The van der Waals surface area contributed by atoms with Crippen LogP contribution in [0.4, 0.5) is 4.39 Å². The van der Waals surface area contributed by atoms with Crippen LogP contribution in [0.3, 0.4) is 0 Å². The fourth-order valence-corrected chi connectivity index (χ4v) is 4.01. The Kier molecular flexibility index (Phi) is 3.75. The van der Waals surface area contributed by atoms with Crippen LogP contribution in [0, 0.1) is 5.82 Å². The minimum atomic E-state index is -3.45. The highest BCUT2D eigenvalue weighted by molar-refractivity contribution is 7.91. The third-order valence-electron chi connectivity index (χ3n) is 2.90. The monoisotopic (exact) mass is 325 g/mol. The quantitative estimate of drug-likeness (QED) is 0.781. The fourth-order valence-electron chi connectivity index (χ4n) is 1.94. The molecule has 0 unspecified atom stereocenters. The van der Waals surface area contributed by atoms with Gasteiger partial charge in [0.25, 0.3) is 0 Å². The van der Waals surface area contributed by atoms with Gasteiger partial charge in [-0.1, -0.05) is 6.07 Å². The zero-order chi connectivity index (χ0) is 14.9. The summed E-state index contributed by atoms with van der Waals surface area (Å²) in [6, 6.07) is 6.16. The molecule has 0 fully saturated rings. The second-order valence-electron chi connectivity index (χ2n) is 4.42. The molecular formula is C13H12FN3O2S2. The summed E-state index contributed by atoms with van der Waals surface area (Å²) in [5.41, 5.74) is 1.34. The standard InChI is InChI=1S/C13H12FN3O2S2/c14-10-3-4-12-16-11(9-17(12)8-10)5-6-15-21(18,19)13-2-1-7-20-13/h1-4,7-9,15H,5-6H2. The van der Waals surface area contributed by atoms with Crippen molar-refractivity contribution in [3.05, 3.63) is 53.6 Å². The molecule has 0 saturated heterocycles. The molecule has 0 aliphatic heterocycles. The van der Waals surface area contributed by atoms with Crippen molar-refractivity contribution >= 4 is 27.0 Å². The van der Waals surface area contributed by atoms with E-state index in [2.05, 4.69) is 9.71 Å². The minimum Gasteiger partial charge on any atom is -0.304 e. The van der Waals surface area contributed by atoms with Crippen molar-refractivity contribution < 1.29 is 12.8 Å². The summed E-state index contributed by atoms with van der Waals surface area (Å²) in [5, 5.41) is 1.71. The highest BCUT2D eigenvalue weighted by Crippen LogP contribution is 2.15. The van der Waals surface area contributed by atoms with Crippen LogP contribution < -0.4 is 4.72 Å². The lowest BCUT2D eigenvalue weighted by Crippen LogP contribution is -2.25. The second kappa shape index (κ2) is 5.55. The number of pyridine rings is 1. The Morgan fingerprint density at radius 1 is 1.29 bits per heavy atom. The molecule has 21 heavy (non-hydrogen) atoms. The smallest absolute Gasteiger partial charge is 0.250 e. The molecule has 3 heterocycles. The molecule has 0 aliphatic carbocycles. The number of thiophene rings is 1. The van der Waals surface area contributed by atoms with Crippen LogP contribution in [0.5, 0.6) is 0 Å². The van der Waals surface area contributed by atoms with E-state index in [4.69, 9.17) is 0 Å². The number of hydrogen-bond donors (Lipinski definition) is 1. The van der Waals surface area contributed by atoms with Crippen LogP contribution >= 0.6 is 11.3 Å². The van der Waals surface area contributed by atoms with Gasteiger partial charge in [0.1, 0.15) is 15.7 Å². The maximum atomic E-state index is 13.1. The van der Waals surface area contributed by atoms with Gasteiger partial charge in [0.15, 0.2) is 0 Å². The van der Waals surface area contributed by atoms with Crippen LogP contribution in [0.1, 0.15) is 5.69 Å². The van der Waals surface area contributed by atoms with E-state index in [1.807, 2.05) is 0 Å². The van der Waals surface area contributed by atoms with E-state index < -0.39 is 10.0 Å². The van der Waals surface area contributed by atoms with E-state index in [-0.39, 0.29) is 12.4 Å². The Morgan fingerprint density at radius 2 is 2.14 bits per heavy atom. The lowest BCUT2D eigenvalue weighted by molar-refractivity contribution is 0.583. The first-order valence-corrected chi connectivity index (χ1v) is 8.57. The van der Waals surface area contributed by atoms with E-state index >= 15 is 0 Å². The first kappa shape index (κ1) is 14.2. The summed E-state index contributed by atoms with van der Waals surface area (Å²) in [6.45, 7) is 0.243. The SMILES string of the molecule is O=S(=O)(NCCc1cn2cc(F)ccc2n1)c1cccs1. The van der Waals surface area contributed by atoms with Gasteiger partial charge in [0.2, 0.25) is 10.0 Å². The van der Waals surface area contributed by atoms with Crippen LogP contribution in [-0.2, 0) is 16.4 Å². The van der Waals surface area contributed by atoms with Crippen LogP contribution in [0.15, 0.2) is 46.2 Å². The molecule has 0 saturated carbocycles. The zero-order valence-electron chi connectivity index (χ0n) is 10.9. The van der Waals surface area contributed by atoms with Crippen LogP contribution in [-0.4, -0.2) is 24.3 Å². The van der Waals surface area contributed by atoms with E-state index in [0.717, 1.165) is 0 Å². The normalized spacial score (nSPS) is 12.0. The number of hydrogen-bond acceptors (Lipinski definition) is 4. The third-order valence-corrected chi connectivity index (χ3v) is 5.76. The summed E-state index contributed by atoms with van der Waals surface area (Å²) >= 11 is 1.17. The van der Waals surface area contributed by atoms with Crippen LogP contribution in [0.2, 0.25) is 0 Å². The predicted molar refractivity (Wildman–Crippen MR) is 78.4 cm³/mol. The van der Waals surface area contributed by atoms with Gasteiger partial charge in [-0.15, -0.1) is 11.3 Å². The largest absolute Gasteiger partial charge is 0.304 e. The average Bonchev–Trinajstić information content (AvgIpc) is 3.06. The van der Waals surface area contributed by atoms with Gasteiger partial charge in [-0.3, -0.25) is 0 Å². The Labute approximate surface area is 125 Å². The maximum Gasteiger partial charge on any atom is 0.250 e. The van der Waals surface area contributed by atoms with E-state index in [0.29, 0.717) is 22.0 Å².